The number of carboxylic acid groups (broad SMARTS) is 1. The molecule has 2 aromatic rings. The van der Waals surface area contributed by atoms with Gasteiger partial charge in [-0.05, 0) is 18.2 Å². The normalized spacial score (nSPS) is 11.1. The maximum Gasteiger partial charge on any atom is 0.345 e. The molecule has 0 saturated carbocycles. The summed E-state index contributed by atoms with van der Waals surface area (Å²) in [6.07, 6.45) is 0. The van der Waals surface area contributed by atoms with Crippen LogP contribution in [0.5, 0.6) is 11.5 Å². The Morgan fingerprint density at radius 2 is 1.58 bits per heavy atom. The third-order valence-electron chi connectivity index (χ3n) is 2.46. The van der Waals surface area contributed by atoms with Gasteiger partial charge in [-0.15, -0.1) is 0 Å². The van der Waals surface area contributed by atoms with Gasteiger partial charge in [0.25, 0.3) is 0 Å². The number of hydrogen-bond donors (Lipinski definition) is 1. The summed E-state index contributed by atoms with van der Waals surface area (Å²) < 4.78 is 3.56. The molecule has 0 bridgehead atoms. The molecular weight excluding hydrogens is 287 g/mol. The fourth-order valence-corrected chi connectivity index (χ4v) is 1.86. The van der Waals surface area contributed by atoms with Crippen LogP contribution >= 0.6 is 23.2 Å². The second-order valence-electron chi connectivity index (χ2n) is 3.79. The number of aliphatic carboxylic acids is 1. The van der Waals surface area contributed by atoms with Crippen molar-refractivity contribution < 1.29 is 14.6 Å². The molecule has 0 aliphatic rings. The predicted octanol–water partition coefficient (Wildman–Crippen LogP) is 4.19. The van der Waals surface area contributed by atoms with E-state index in [4.69, 9.17) is 33.0 Å². The van der Waals surface area contributed by atoms with Crippen LogP contribution < -0.4 is 4.74 Å². The Kier molecular flexibility index (Phi) is 3.98. The monoisotopic (exact) mass is 296 g/mol. The summed E-state index contributed by atoms with van der Waals surface area (Å²) in [4.78, 5) is 11.1. The van der Waals surface area contributed by atoms with Gasteiger partial charge in [-0.3, -0.25) is 0 Å². The molecule has 98 valence electrons. The van der Waals surface area contributed by atoms with Crippen molar-refractivity contribution in [3.63, 3.8) is 0 Å². The Bertz CT molecular complexity index is 582. The number of benzene rings is 2. The highest BCUT2D eigenvalue weighted by Gasteiger charge is 2.38. The van der Waals surface area contributed by atoms with E-state index in [0.717, 1.165) is 0 Å². The standard InChI is InChI=1S/C14H10Cl2O3/c15-14(16,13(17)18)11-8-4-5-9-12(11)19-10-6-2-1-3-7-10/h1-9H,(H,17,18). The highest BCUT2D eigenvalue weighted by atomic mass is 35.5. The molecule has 5 heteroatoms. The van der Waals surface area contributed by atoms with Crippen molar-refractivity contribution in [3.05, 3.63) is 60.2 Å². The average molecular weight is 297 g/mol. The van der Waals surface area contributed by atoms with Gasteiger partial charge in [0, 0.05) is 5.56 Å². The van der Waals surface area contributed by atoms with Crippen LogP contribution in [0.2, 0.25) is 0 Å². The zero-order valence-corrected chi connectivity index (χ0v) is 11.2. The quantitative estimate of drug-likeness (QED) is 0.860. The van der Waals surface area contributed by atoms with Crippen molar-refractivity contribution in [2.75, 3.05) is 0 Å². The lowest BCUT2D eigenvalue weighted by molar-refractivity contribution is -0.138. The molecule has 2 aromatic carbocycles. The summed E-state index contributed by atoms with van der Waals surface area (Å²) in [5, 5.41) is 9.07. The zero-order valence-electron chi connectivity index (χ0n) is 9.72. The van der Waals surface area contributed by atoms with Crippen LogP contribution in [0.4, 0.5) is 0 Å². The first-order valence-electron chi connectivity index (χ1n) is 5.45. The third-order valence-corrected chi connectivity index (χ3v) is 3.20. The van der Waals surface area contributed by atoms with E-state index in [2.05, 4.69) is 0 Å². The Balaban J connectivity index is 2.40. The summed E-state index contributed by atoms with van der Waals surface area (Å²) in [5.41, 5.74) is 0.190. The summed E-state index contributed by atoms with van der Waals surface area (Å²) >= 11 is 11.7. The molecule has 0 aromatic heterocycles. The fourth-order valence-electron chi connectivity index (χ4n) is 1.55. The molecule has 0 fully saturated rings. The van der Waals surface area contributed by atoms with Gasteiger partial charge in [-0.2, -0.15) is 0 Å². The van der Waals surface area contributed by atoms with Gasteiger partial charge in [-0.1, -0.05) is 59.6 Å². The van der Waals surface area contributed by atoms with Crippen molar-refractivity contribution in [1.29, 1.82) is 0 Å². The predicted molar refractivity (Wildman–Crippen MR) is 74.0 cm³/mol. The molecule has 0 unspecified atom stereocenters. The topological polar surface area (TPSA) is 46.5 Å². The molecule has 19 heavy (non-hydrogen) atoms. The lowest BCUT2D eigenvalue weighted by Gasteiger charge is -2.18. The Morgan fingerprint density at radius 1 is 1.00 bits per heavy atom. The number of alkyl halides is 2. The van der Waals surface area contributed by atoms with Gasteiger partial charge in [-0.25, -0.2) is 4.79 Å². The van der Waals surface area contributed by atoms with E-state index in [1.165, 1.54) is 6.07 Å². The first-order chi connectivity index (χ1) is 9.01. The molecule has 0 saturated heterocycles. The Labute approximate surface area is 120 Å². The van der Waals surface area contributed by atoms with E-state index < -0.39 is 10.3 Å². The van der Waals surface area contributed by atoms with Crippen LogP contribution in [-0.2, 0) is 9.13 Å². The number of carboxylic acids is 1. The fraction of sp³-hybridized carbons (Fsp3) is 0.0714. The number of para-hydroxylation sites is 2. The SMILES string of the molecule is O=C(O)C(Cl)(Cl)c1ccccc1Oc1ccccc1. The Morgan fingerprint density at radius 3 is 2.21 bits per heavy atom. The van der Waals surface area contributed by atoms with E-state index in [0.29, 0.717) is 11.5 Å². The second kappa shape index (κ2) is 5.51. The number of ether oxygens (including phenoxy) is 1. The highest BCUT2D eigenvalue weighted by Crippen LogP contribution is 2.40. The van der Waals surface area contributed by atoms with Crippen LogP contribution in [0.15, 0.2) is 54.6 Å². The first-order valence-corrected chi connectivity index (χ1v) is 6.21. The molecule has 3 nitrogen and oxygen atoms in total. The van der Waals surface area contributed by atoms with Gasteiger partial charge in [0.2, 0.25) is 4.33 Å². The third kappa shape index (κ3) is 3.00. The van der Waals surface area contributed by atoms with Crippen molar-refractivity contribution in [2.24, 2.45) is 0 Å². The molecule has 1 N–H and O–H groups in total. The minimum absolute atomic E-state index is 0.190. The molecular formula is C14H10Cl2O3. The summed E-state index contributed by atoms with van der Waals surface area (Å²) in [7, 11) is 0. The van der Waals surface area contributed by atoms with Gasteiger partial charge < -0.3 is 9.84 Å². The molecule has 2 rings (SSSR count). The molecule has 0 aliphatic carbocycles. The van der Waals surface area contributed by atoms with Crippen molar-refractivity contribution >= 4 is 29.2 Å². The van der Waals surface area contributed by atoms with E-state index in [-0.39, 0.29) is 5.56 Å². The molecule has 0 atom stereocenters. The largest absolute Gasteiger partial charge is 0.479 e. The molecule has 0 heterocycles. The van der Waals surface area contributed by atoms with Crippen LogP contribution in [-0.4, -0.2) is 11.1 Å². The van der Waals surface area contributed by atoms with Crippen molar-refractivity contribution in [3.8, 4) is 11.5 Å². The van der Waals surface area contributed by atoms with E-state index in [1.807, 2.05) is 18.2 Å². The maximum absolute atomic E-state index is 11.1. The van der Waals surface area contributed by atoms with Crippen LogP contribution in [0.1, 0.15) is 5.56 Å². The lowest BCUT2D eigenvalue weighted by atomic mass is 10.1. The smallest absolute Gasteiger partial charge is 0.345 e. The number of hydrogen-bond acceptors (Lipinski definition) is 2. The van der Waals surface area contributed by atoms with Crippen LogP contribution in [0, 0.1) is 0 Å². The van der Waals surface area contributed by atoms with Gasteiger partial charge in [0.05, 0.1) is 0 Å². The molecule has 0 radical (unpaired) electrons. The van der Waals surface area contributed by atoms with Crippen LogP contribution in [0.25, 0.3) is 0 Å². The van der Waals surface area contributed by atoms with Crippen molar-refractivity contribution in [2.45, 2.75) is 4.33 Å². The average Bonchev–Trinajstić information content (AvgIpc) is 2.40. The summed E-state index contributed by atoms with van der Waals surface area (Å²) in [6, 6.07) is 15.5. The lowest BCUT2D eigenvalue weighted by Crippen LogP contribution is -2.23. The molecule has 0 aliphatic heterocycles. The maximum atomic E-state index is 11.1. The second-order valence-corrected chi connectivity index (χ2v) is 5.12. The number of halogens is 2. The van der Waals surface area contributed by atoms with E-state index in [1.54, 1.807) is 30.3 Å². The van der Waals surface area contributed by atoms with Crippen molar-refractivity contribution in [1.82, 2.24) is 0 Å². The van der Waals surface area contributed by atoms with Gasteiger partial charge in [0.15, 0.2) is 0 Å². The summed E-state index contributed by atoms with van der Waals surface area (Å²) in [6.45, 7) is 0. The molecule has 0 amide bonds. The zero-order chi connectivity index (χ0) is 13.9. The minimum atomic E-state index is -2.05. The summed E-state index contributed by atoms with van der Waals surface area (Å²) in [5.74, 6) is -0.467. The van der Waals surface area contributed by atoms with E-state index >= 15 is 0 Å². The van der Waals surface area contributed by atoms with Gasteiger partial charge in [0.1, 0.15) is 11.5 Å². The molecule has 0 spiro atoms. The van der Waals surface area contributed by atoms with E-state index in [9.17, 15) is 4.79 Å². The number of carbonyl (C=O) groups is 1. The Hall–Kier alpha value is -1.71. The van der Waals surface area contributed by atoms with Gasteiger partial charge >= 0.3 is 5.97 Å². The van der Waals surface area contributed by atoms with Crippen LogP contribution in [0.3, 0.4) is 0 Å². The number of rotatable bonds is 4. The highest BCUT2D eigenvalue weighted by molar-refractivity contribution is 6.56. The minimum Gasteiger partial charge on any atom is -0.479 e. The first kappa shape index (κ1) is 13.7.